The Balaban J connectivity index is 2.13. The summed E-state index contributed by atoms with van der Waals surface area (Å²) in [5.74, 6) is -1.26. The van der Waals surface area contributed by atoms with Crippen LogP contribution in [0.4, 0.5) is 4.39 Å². The lowest BCUT2D eigenvalue weighted by Crippen LogP contribution is -2.30. The number of rotatable bonds is 6. The van der Waals surface area contributed by atoms with Crippen LogP contribution in [0.15, 0.2) is 53.4 Å². The van der Waals surface area contributed by atoms with Crippen molar-refractivity contribution in [1.29, 1.82) is 0 Å². The molecule has 0 aliphatic rings. The molecule has 4 nitrogen and oxygen atoms in total. The van der Waals surface area contributed by atoms with Gasteiger partial charge in [0.1, 0.15) is 5.82 Å². The average molecular weight is 333 g/mol. The molecule has 120 valence electrons. The van der Waals surface area contributed by atoms with Crippen LogP contribution in [-0.4, -0.2) is 18.0 Å². The third kappa shape index (κ3) is 4.56. The topological polar surface area (TPSA) is 69.4 Å². The van der Waals surface area contributed by atoms with E-state index in [1.165, 1.54) is 24.8 Å². The fourth-order valence-electron chi connectivity index (χ4n) is 1.81. The second-order valence-corrected chi connectivity index (χ2v) is 5.84. The van der Waals surface area contributed by atoms with Crippen molar-refractivity contribution in [2.75, 3.05) is 0 Å². The molecule has 0 fully saturated rings. The van der Waals surface area contributed by atoms with Crippen LogP contribution in [0.1, 0.15) is 22.8 Å². The highest BCUT2D eigenvalue weighted by molar-refractivity contribution is 7.98. The first-order valence-corrected chi connectivity index (χ1v) is 7.93. The summed E-state index contributed by atoms with van der Waals surface area (Å²) in [5, 5.41) is 0. The van der Waals surface area contributed by atoms with Crippen LogP contribution in [0, 0.1) is 5.82 Å². The number of carbonyl (C=O) groups excluding carboxylic acids is 2. The van der Waals surface area contributed by atoms with Crippen LogP contribution >= 0.6 is 11.8 Å². The van der Waals surface area contributed by atoms with Crippen molar-refractivity contribution >= 4 is 23.6 Å². The first kappa shape index (κ1) is 17.0. The molecule has 1 atom stereocenters. The predicted molar refractivity (Wildman–Crippen MR) is 86.5 cm³/mol. The SMILES string of the molecule is C[C@@H](OC(=O)c1ccccc1SCc1ccccc1F)C(N)=O. The largest absolute Gasteiger partial charge is 0.449 e. The zero-order valence-corrected chi connectivity index (χ0v) is 13.3. The number of esters is 1. The van der Waals surface area contributed by atoms with E-state index in [1.807, 2.05) is 0 Å². The summed E-state index contributed by atoms with van der Waals surface area (Å²) in [6.07, 6.45) is -1.01. The number of hydrogen-bond acceptors (Lipinski definition) is 4. The highest BCUT2D eigenvalue weighted by Gasteiger charge is 2.19. The Morgan fingerprint density at radius 1 is 1.17 bits per heavy atom. The van der Waals surface area contributed by atoms with Gasteiger partial charge >= 0.3 is 5.97 Å². The van der Waals surface area contributed by atoms with Gasteiger partial charge in [0.05, 0.1) is 5.56 Å². The van der Waals surface area contributed by atoms with Gasteiger partial charge in [0.2, 0.25) is 0 Å². The molecule has 1 amide bonds. The van der Waals surface area contributed by atoms with E-state index < -0.39 is 18.0 Å². The van der Waals surface area contributed by atoms with Crippen LogP contribution < -0.4 is 5.73 Å². The number of primary amides is 1. The van der Waals surface area contributed by atoms with Gasteiger partial charge in [-0.15, -0.1) is 11.8 Å². The molecule has 2 aromatic rings. The Hall–Kier alpha value is -2.34. The number of amides is 1. The molecule has 0 unspecified atom stereocenters. The fourth-order valence-corrected chi connectivity index (χ4v) is 2.84. The van der Waals surface area contributed by atoms with Crippen molar-refractivity contribution in [3.8, 4) is 0 Å². The van der Waals surface area contributed by atoms with Crippen LogP contribution in [0.2, 0.25) is 0 Å². The van der Waals surface area contributed by atoms with Crippen molar-refractivity contribution in [3.63, 3.8) is 0 Å². The lowest BCUT2D eigenvalue weighted by molar-refractivity contribution is -0.125. The summed E-state index contributed by atoms with van der Waals surface area (Å²) in [5.41, 5.74) is 5.96. The predicted octanol–water partition coefficient (Wildman–Crippen LogP) is 3.15. The molecule has 0 heterocycles. The summed E-state index contributed by atoms with van der Waals surface area (Å²) in [6, 6.07) is 13.3. The van der Waals surface area contributed by atoms with E-state index in [4.69, 9.17) is 10.5 Å². The molecule has 0 bridgehead atoms. The molecule has 2 aromatic carbocycles. The summed E-state index contributed by atoms with van der Waals surface area (Å²) in [6.45, 7) is 1.41. The van der Waals surface area contributed by atoms with Gasteiger partial charge in [0.25, 0.3) is 5.91 Å². The summed E-state index contributed by atoms with van der Waals surface area (Å²) < 4.78 is 18.7. The zero-order valence-electron chi connectivity index (χ0n) is 12.5. The first-order valence-electron chi connectivity index (χ1n) is 6.94. The Morgan fingerprint density at radius 2 is 1.83 bits per heavy atom. The van der Waals surface area contributed by atoms with Gasteiger partial charge in [-0.05, 0) is 30.7 Å². The van der Waals surface area contributed by atoms with E-state index in [9.17, 15) is 14.0 Å². The minimum Gasteiger partial charge on any atom is -0.449 e. The Labute approximate surface area is 137 Å². The molecule has 0 saturated heterocycles. The van der Waals surface area contributed by atoms with Crippen LogP contribution in [0.5, 0.6) is 0 Å². The molecule has 0 aliphatic carbocycles. The van der Waals surface area contributed by atoms with Crippen molar-refractivity contribution in [2.24, 2.45) is 5.73 Å². The second kappa shape index (κ2) is 7.78. The molecule has 2 rings (SSSR count). The number of nitrogens with two attached hydrogens (primary N) is 1. The minimum atomic E-state index is -1.01. The molecule has 23 heavy (non-hydrogen) atoms. The van der Waals surface area contributed by atoms with Crippen LogP contribution in [-0.2, 0) is 15.3 Å². The highest BCUT2D eigenvalue weighted by atomic mass is 32.2. The van der Waals surface area contributed by atoms with Crippen molar-refractivity contribution in [2.45, 2.75) is 23.7 Å². The first-order chi connectivity index (χ1) is 11.0. The second-order valence-electron chi connectivity index (χ2n) is 4.83. The number of benzene rings is 2. The molecule has 6 heteroatoms. The Kier molecular flexibility index (Phi) is 5.76. The van der Waals surface area contributed by atoms with Gasteiger partial charge in [0, 0.05) is 10.6 Å². The van der Waals surface area contributed by atoms with Gasteiger partial charge < -0.3 is 10.5 Å². The van der Waals surface area contributed by atoms with Crippen LogP contribution in [0.25, 0.3) is 0 Å². The average Bonchev–Trinajstić information content (AvgIpc) is 2.54. The molecular formula is C17H16FNO3S. The smallest absolute Gasteiger partial charge is 0.340 e. The van der Waals surface area contributed by atoms with Gasteiger partial charge in [-0.1, -0.05) is 30.3 Å². The third-order valence-electron chi connectivity index (χ3n) is 3.13. The maximum Gasteiger partial charge on any atom is 0.340 e. The highest BCUT2D eigenvalue weighted by Crippen LogP contribution is 2.27. The molecule has 0 radical (unpaired) electrons. The lowest BCUT2D eigenvalue weighted by Gasteiger charge is -2.12. The van der Waals surface area contributed by atoms with E-state index >= 15 is 0 Å². The summed E-state index contributed by atoms with van der Waals surface area (Å²) >= 11 is 1.32. The number of ether oxygens (including phenoxy) is 1. The Bertz CT molecular complexity index is 720. The van der Waals surface area contributed by atoms with E-state index in [2.05, 4.69) is 0 Å². The maximum absolute atomic E-state index is 13.7. The van der Waals surface area contributed by atoms with Crippen molar-refractivity contribution in [3.05, 3.63) is 65.5 Å². The van der Waals surface area contributed by atoms with Gasteiger partial charge in [-0.25, -0.2) is 9.18 Å². The van der Waals surface area contributed by atoms with Crippen molar-refractivity contribution in [1.82, 2.24) is 0 Å². The zero-order chi connectivity index (χ0) is 16.8. The monoisotopic (exact) mass is 333 g/mol. The van der Waals surface area contributed by atoms with E-state index in [-0.39, 0.29) is 5.82 Å². The molecule has 0 aromatic heterocycles. The quantitative estimate of drug-likeness (QED) is 0.651. The van der Waals surface area contributed by atoms with Gasteiger partial charge in [-0.2, -0.15) is 0 Å². The number of carbonyl (C=O) groups is 2. The van der Waals surface area contributed by atoms with Crippen LogP contribution in [0.3, 0.4) is 0 Å². The van der Waals surface area contributed by atoms with E-state index in [0.29, 0.717) is 21.8 Å². The normalized spacial score (nSPS) is 11.7. The molecular weight excluding hydrogens is 317 g/mol. The standard InChI is InChI=1S/C17H16FNO3S/c1-11(16(19)20)22-17(21)13-7-3-5-9-15(13)23-10-12-6-2-4-8-14(12)18/h2-9,11H,10H2,1H3,(H2,19,20)/t11-/m1/s1. The Morgan fingerprint density at radius 3 is 2.52 bits per heavy atom. The maximum atomic E-state index is 13.7. The molecule has 2 N–H and O–H groups in total. The summed E-state index contributed by atoms with van der Waals surface area (Å²) in [7, 11) is 0. The third-order valence-corrected chi connectivity index (χ3v) is 4.25. The van der Waals surface area contributed by atoms with E-state index in [1.54, 1.807) is 42.5 Å². The minimum absolute atomic E-state index is 0.289. The molecule has 0 aliphatic heterocycles. The van der Waals surface area contributed by atoms with Crippen molar-refractivity contribution < 1.29 is 18.7 Å². The number of thioether (sulfide) groups is 1. The molecule has 0 spiro atoms. The number of hydrogen-bond donors (Lipinski definition) is 1. The number of halogens is 1. The van der Waals surface area contributed by atoms with Gasteiger partial charge in [0.15, 0.2) is 6.10 Å². The fraction of sp³-hybridized carbons (Fsp3) is 0.176. The van der Waals surface area contributed by atoms with Gasteiger partial charge in [-0.3, -0.25) is 4.79 Å². The molecule has 0 saturated carbocycles. The lowest BCUT2D eigenvalue weighted by atomic mass is 10.2. The summed E-state index contributed by atoms with van der Waals surface area (Å²) in [4.78, 5) is 23.8. The van der Waals surface area contributed by atoms with E-state index in [0.717, 1.165) is 0 Å².